The number of benzene rings is 1. The Balaban J connectivity index is 1.64. The minimum atomic E-state index is -0.996. The highest BCUT2D eigenvalue weighted by Gasteiger charge is 2.30. The Morgan fingerprint density at radius 1 is 1.17 bits per heavy atom. The molecule has 1 N–H and O–H groups in total. The number of aryl methyl sites for hydroxylation is 1. The van der Waals surface area contributed by atoms with E-state index < -0.39 is 30.3 Å². The van der Waals surface area contributed by atoms with Gasteiger partial charge in [0.05, 0.1) is 5.56 Å². The van der Waals surface area contributed by atoms with Crippen LogP contribution in [0.25, 0.3) is 0 Å². The van der Waals surface area contributed by atoms with E-state index in [-0.39, 0.29) is 17.3 Å². The Morgan fingerprint density at radius 2 is 1.83 bits per heavy atom. The van der Waals surface area contributed by atoms with E-state index >= 15 is 0 Å². The van der Waals surface area contributed by atoms with Gasteiger partial charge in [-0.25, -0.2) is 9.18 Å². The van der Waals surface area contributed by atoms with Crippen LogP contribution in [0.15, 0.2) is 30.3 Å². The molecule has 1 aromatic heterocycles. The maximum atomic E-state index is 13.8. The lowest BCUT2D eigenvalue weighted by molar-refractivity contribution is -0.145. The van der Waals surface area contributed by atoms with Crippen LogP contribution in [0.2, 0.25) is 0 Å². The molecule has 1 aliphatic carbocycles. The SMILES string of the molecule is Cc1cc(C(=O)COC(=O)[C@@H](NC(=O)c2ccccc2F)C(C)C)c(C)n1C1CC1. The lowest BCUT2D eigenvalue weighted by Crippen LogP contribution is -2.46. The number of ketones is 1. The molecule has 1 saturated carbocycles. The van der Waals surface area contributed by atoms with Crippen molar-refractivity contribution in [3.8, 4) is 0 Å². The lowest BCUT2D eigenvalue weighted by Gasteiger charge is -2.21. The van der Waals surface area contributed by atoms with Gasteiger partial charge in [-0.2, -0.15) is 0 Å². The van der Waals surface area contributed by atoms with E-state index in [2.05, 4.69) is 9.88 Å². The molecule has 0 aliphatic heterocycles. The number of amides is 1. The molecule has 1 amide bonds. The Hall–Kier alpha value is -2.96. The molecule has 1 heterocycles. The van der Waals surface area contributed by atoms with Gasteiger partial charge in [-0.15, -0.1) is 0 Å². The van der Waals surface area contributed by atoms with Crippen LogP contribution in [0, 0.1) is 25.6 Å². The monoisotopic (exact) mass is 414 g/mol. The summed E-state index contributed by atoms with van der Waals surface area (Å²) >= 11 is 0. The van der Waals surface area contributed by atoms with Crippen LogP contribution in [0.3, 0.4) is 0 Å². The van der Waals surface area contributed by atoms with Crippen LogP contribution in [0.5, 0.6) is 0 Å². The maximum Gasteiger partial charge on any atom is 0.329 e. The minimum Gasteiger partial charge on any atom is -0.456 e. The summed E-state index contributed by atoms with van der Waals surface area (Å²) in [7, 11) is 0. The number of Topliss-reactive ketones (excluding diaryl/α,β-unsaturated/α-hetero) is 1. The zero-order chi connectivity index (χ0) is 22.0. The summed E-state index contributed by atoms with van der Waals surface area (Å²) < 4.78 is 21.2. The van der Waals surface area contributed by atoms with Crippen molar-refractivity contribution < 1.29 is 23.5 Å². The highest BCUT2D eigenvalue weighted by molar-refractivity contribution is 6.00. The van der Waals surface area contributed by atoms with Gasteiger partial charge in [-0.3, -0.25) is 9.59 Å². The van der Waals surface area contributed by atoms with Crippen molar-refractivity contribution in [2.75, 3.05) is 6.61 Å². The van der Waals surface area contributed by atoms with Crippen LogP contribution in [0.4, 0.5) is 4.39 Å². The van der Waals surface area contributed by atoms with E-state index in [0.717, 1.165) is 24.2 Å². The van der Waals surface area contributed by atoms with Gasteiger partial charge in [-0.1, -0.05) is 26.0 Å². The normalized spacial score (nSPS) is 14.5. The first kappa shape index (κ1) is 21.7. The fourth-order valence-electron chi connectivity index (χ4n) is 3.62. The molecule has 1 atom stereocenters. The molecular weight excluding hydrogens is 387 g/mol. The first-order chi connectivity index (χ1) is 14.2. The number of nitrogens with zero attached hydrogens (tertiary/aromatic N) is 1. The zero-order valence-corrected chi connectivity index (χ0v) is 17.7. The number of rotatable bonds is 8. The molecule has 160 valence electrons. The fourth-order valence-corrected chi connectivity index (χ4v) is 3.62. The molecule has 6 nitrogen and oxygen atoms in total. The number of hydrogen-bond acceptors (Lipinski definition) is 4. The van der Waals surface area contributed by atoms with Crippen LogP contribution >= 0.6 is 0 Å². The third-order valence-corrected chi connectivity index (χ3v) is 5.37. The van der Waals surface area contributed by atoms with Crippen LogP contribution in [0.1, 0.15) is 64.8 Å². The molecule has 0 unspecified atom stereocenters. The predicted molar refractivity (Wildman–Crippen MR) is 110 cm³/mol. The van der Waals surface area contributed by atoms with Crippen LogP contribution < -0.4 is 5.32 Å². The number of carbonyl (C=O) groups is 3. The van der Waals surface area contributed by atoms with Gasteiger partial charge in [0.1, 0.15) is 11.9 Å². The lowest BCUT2D eigenvalue weighted by atomic mass is 10.0. The third kappa shape index (κ3) is 4.61. The summed E-state index contributed by atoms with van der Waals surface area (Å²) in [4.78, 5) is 37.6. The Bertz CT molecular complexity index is 976. The van der Waals surface area contributed by atoms with Crippen molar-refractivity contribution in [1.82, 2.24) is 9.88 Å². The predicted octanol–water partition coefficient (Wildman–Crippen LogP) is 3.76. The molecule has 1 aromatic carbocycles. The highest BCUT2D eigenvalue weighted by Crippen LogP contribution is 2.38. The second-order valence-corrected chi connectivity index (χ2v) is 8.09. The summed E-state index contributed by atoms with van der Waals surface area (Å²) in [6, 6.07) is 6.81. The van der Waals surface area contributed by atoms with E-state index in [4.69, 9.17) is 4.74 Å². The number of aromatic nitrogens is 1. The van der Waals surface area contributed by atoms with Crippen molar-refractivity contribution in [1.29, 1.82) is 0 Å². The average Bonchev–Trinajstić information content (AvgIpc) is 3.48. The highest BCUT2D eigenvalue weighted by atomic mass is 19.1. The molecule has 1 aliphatic rings. The smallest absolute Gasteiger partial charge is 0.329 e. The molecular formula is C23H27FN2O4. The number of nitrogens with one attached hydrogen (secondary N) is 1. The first-order valence-corrected chi connectivity index (χ1v) is 10.1. The molecule has 0 bridgehead atoms. The number of hydrogen-bond donors (Lipinski definition) is 1. The van der Waals surface area contributed by atoms with E-state index in [1.54, 1.807) is 13.8 Å². The Kier molecular flexibility index (Phi) is 6.39. The van der Waals surface area contributed by atoms with Crippen molar-refractivity contribution in [3.05, 3.63) is 58.7 Å². The number of halogens is 1. The van der Waals surface area contributed by atoms with E-state index in [1.807, 2.05) is 19.9 Å². The Morgan fingerprint density at radius 3 is 2.43 bits per heavy atom. The fraction of sp³-hybridized carbons (Fsp3) is 0.435. The summed E-state index contributed by atoms with van der Waals surface area (Å²) in [6.45, 7) is 6.91. The van der Waals surface area contributed by atoms with Gasteiger partial charge in [-0.05, 0) is 50.8 Å². The quantitative estimate of drug-likeness (QED) is 0.527. The molecule has 0 radical (unpaired) electrons. The molecule has 7 heteroatoms. The van der Waals surface area contributed by atoms with Crippen LogP contribution in [-0.2, 0) is 9.53 Å². The number of carbonyl (C=O) groups excluding carboxylic acids is 3. The molecule has 0 spiro atoms. The van der Waals surface area contributed by atoms with Crippen LogP contribution in [-0.4, -0.2) is 34.9 Å². The standard InChI is InChI=1S/C23H27FN2O4/c1-13(2)21(25-22(28)17-7-5-6-8-19(17)24)23(29)30-12-20(27)18-11-14(3)26(15(18)4)16-9-10-16/h5-8,11,13,16,21H,9-10,12H2,1-4H3,(H,25,28)/t21-/m0/s1. The second kappa shape index (κ2) is 8.81. The maximum absolute atomic E-state index is 13.8. The average molecular weight is 414 g/mol. The first-order valence-electron chi connectivity index (χ1n) is 10.1. The number of esters is 1. The molecule has 2 aromatic rings. The van der Waals surface area contributed by atoms with Gasteiger partial charge in [0.25, 0.3) is 5.91 Å². The molecule has 3 rings (SSSR count). The molecule has 1 fully saturated rings. The topological polar surface area (TPSA) is 77.4 Å². The summed E-state index contributed by atoms with van der Waals surface area (Å²) in [5.41, 5.74) is 2.29. The van der Waals surface area contributed by atoms with Gasteiger partial charge < -0.3 is 14.6 Å². The summed E-state index contributed by atoms with van der Waals surface area (Å²) in [5.74, 6) is -2.69. The van der Waals surface area contributed by atoms with Gasteiger partial charge >= 0.3 is 5.97 Å². The van der Waals surface area contributed by atoms with E-state index in [1.165, 1.54) is 24.3 Å². The molecule has 30 heavy (non-hydrogen) atoms. The van der Waals surface area contributed by atoms with Crippen molar-refractivity contribution in [3.63, 3.8) is 0 Å². The van der Waals surface area contributed by atoms with Gasteiger partial charge in [0.2, 0.25) is 5.78 Å². The summed E-state index contributed by atoms with van der Waals surface area (Å²) in [5, 5.41) is 2.52. The van der Waals surface area contributed by atoms with E-state index in [9.17, 15) is 18.8 Å². The zero-order valence-electron chi connectivity index (χ0n) is 17.7. The van der Waals surface area contributed by atoms with Gasteiger partial charge in [0, 0.05) is 23.0 Å². The van der Waals surface area contributed by atoms with Crippen molar-refractivity contribution in [2.45, 2.75) is 52.6 Å². The summed E-state index contributed by atoms with van der Waals surface area (Å²) in [6.07, 6.45) is 2.22. The second-order valence-electron chi connectivity index (χ2n) is 8.09. The van der Waals surface area contributed by atoms with E-state index in [0.29, 0.717) is 11.6 Å². The minimum absolute atomic E-state index is 0.153. The third-order valence-electron chi connectivity index (χ3n) is 5.37. The van der Waals surface area contributed by atoms with Crippen molar-refractivity contribution in [2.24, 2.45) is 5.92 Å². The molecule has 0 saturated heterocycles. The van der Waals surface area contributed by atoms with Crippen molar-refractivity contribution >= 4 is 17.7 Å². The number of ether oxygens (including phenoxy) is 1. The Labute approximate surface area is 175 Å². The largest absolute Gasteiger partial charge is 0.456 e. The van der Waals surface area contributed by atoms with Gasteiger partial charge in [0.15, 0.2) is 6.61 Å².